The van der Waals surface area contributed by atoms with Gasteiger partial charge in [0.2, 0.25) is 5.91 Å². The summed E-state index contributed by atoms with van der Waals surface area (Å²) < 4.78 is 52.7. The van der Waals surface area contributed by atoms with Crippen molar-refractivity contribution in [2.24, 2.45) is 0 Å². The fourth-order valence-corrected chi connectivity index (χ4v) is 4.20. The molecule has 1 aromatic carbocycles. The van der Waals surface area contributed by atoms with Crippen LogP contribution in [0.1, 0.15) is 36.6 Å². The SMILES string of the molecule is C[C@@]1(c2ccc(F)cc2)C(=O)Nc2nc(-c3cn4ncnc4c(CCCC(F)(F)F)n3)nc(N)c21. The van der Waals surface area contributed by atoms with E-state index in [1.54, 1.807) is 6.92 Å². The zero-order chi connectivity index (χ0) is 25.0. The lowest BCUT2D eigenvalue weighted by molar-refractivity contribution is -0.135. The van der Waals surface area contributed by atoms with Gasteiger partial charge in [-0.1, -0.05) is 12.1 Å². The van der Waals surface area contributed by atoms with E-state index in [0.29, 0.717) is 22.5 Å². The number of anilines is 2. The van der Waals surface area contributed by atoms with E-state index in [1.807, 2.05) is 0 Å². The fraction of sp³-hybridized carbons (Fsp3) is 0.273. The van der Waals surface area contributed by atoms with E-state index in [9.17, 15) is 22.4 Å². The van der Waals surface area contributed by atoms with Gasteiger partial charge in [-0.15, -0.1) is 0 Å². The van der Waals surface area contributed by atoms with E-state index in [2.05, 4.69) is 30.4 Å². The molecule has 0 radical (unpaired) electrons. The second kappa shape index (κ2) is 7.96. The smallest absolute Gasteiger partial charge is 0.383 e. The van der Waals surface area contributed by atoms with Crippen molar-refractivity contribution in [3.8, 4) is 11.5 Å². The Labute approximate surface area is 195 Å². The van der Waals surface area contributed by atoms with Gasteiger partial charge in [-0.3, -0.25) is 4.79 Å². The van der Waals surface area contributed by atoms with E-state index in [-0.39, 0.29) is 36.0 Å². The summed E-state index contributed by atoms with van der Waals surface area (Å²) in [6.45, 7) is 1.64. The number of nitrogen functional groups attached to an aromatic ring is 1. The highest BCUT2D eigenvalue weighted by Crippen LogP contribution is 2.44. The van der Waals surface area contributed by atoms with Crippen molar-refractivity contribution in [2.75, 3.05) is 11.1 Å². The normalized spacial score (nSPS) is 17.6. The molecule has 5 rings (SSSR count). The molecule has 3 N–H and O–H groups in total. The van der Waals surface area contributed by atoms with E-state index >= 15 is 0 Å². The van der Waals surface area contributed by atoms with E-state index < -0.39 is 29.7 Å². The van der Waals surface area contributed by atoms with Crippen molar-refractivity contribution in [3.63, 3.8) is 0 Å². The Hall–Kier alpha value is -4.16. The third-order valence-corrected chi connectivity index (χ3v) is 5.98. The van der Waals surface area contributed by atoms with Crippen LogP contribution < -0.4 is 11.1 Å². The van der Waals surface area contributed by atoms with Crippen LogP contribution >= 0.6 is 0 Å². The van der Waals surface area contributed by atoms with E-state index in [4.69, 9.17) is 5.73 Å². The predicted molar refractivity (Wildman–Crippen MR) is 117 cm³/mol. The Morgan fingerprint density at radius 1 is 1.14 bits per heavy atom. The Kier molecular flexibility index (Phi) is 5.15. The number of fused-ring (bicyclic) bond motifs is 2. The zero-order valence-electron chi connectivity index (χ0n) is 18.3. The van der Waals surface area contributed by atoms with Gasteiger partial charge in [0.05, 0.1) is 17.5 Å². The molecule has 35 heavy (non-hydrogen) atoms. The number of nitrogens with zero attached hydrogens (tertiary/aromatic N) is 6. The van der Waals surface area contributed by atoms with Gasteiger partial charge in [0.1, 0.15) is 34.9 Å². The van der Waals surface area contributed by atoms with Crippen LogP contribution in [0.2, 0.25) is 0 Å². The summed E-state index contributed by atoms with van der Waals surface area (Å²) >= 11 is 0. The molecule has 9 nitrogen and oxygen atoms in total. The highest BCUT2D eigenvalue weighted by Gasteiger charge is 2.47. The number of carbonyl (C=O) groups excluding carboxylic acids is 1. The summed E-state index contributed by atoms with van der Waals surface area (Å²) in [5.74, 6) is -0.627. The number of carbonyl (C=O) groups is 1. The summed E-state index contributed by atoms with van der Waals surface area (Å²) in [6.07, 6.45) is -2.67. The minimum absolute atomic E-state index is 0.00860. The van der Waals surface area contributed by atoms with Crippen molar-refractivity contribution in [3.05, 3.63) is 59.4 Å². The lowest BCUT2D eigenvalue weighted by Gasteiger charge is -2.23. The van der Waals surface area contributed by atoms with E-state index in [1.165, 1.54) is 41.3 Å². The molecule has 4 aromatic rings. The van der Waals surface area contributed by atoms with Crippen molar-refractivity contribution < 1.29 is 22.4 Å². The number of alkyl halides is 3. The molecular weight excluding hydrogens is 468 g/mol. The van der Waals surface area contributed by atoms with Crippen LogP contribution in [-0.4, -0.2) is 41.6 Å². The van der Waals surface area contributed by atoms with Gasteiger partial charge >= 0.3 is 6.18 Å². The molecule has 13 heteroatoms. The number of nitrogens with two attached hydrogens (primary N) is 1. The highest BCUT2D eigenvalue weighted by molar-refractivity contribution is 6.09. The van der Waals surface area contributed by atoms with Gasteiger partial charge in [-0.25, -0.2) is 28.8 Å². The van der Waals surface area contributed by atoms with Crippen LogP contribution in [0.25, 0.3) is 17.2 Å². The lowest BCUT2D eigenvalue weighted by atomic mass is 9.78. The number of hydrogen-bond acceptors (Lipinski definition) is 7. The summed E-state index contributed by atoms with van der Waals surface area (Å²) in [5.41, 5.74) is 6.68. The van der Waals surface area contributed by atoms with Gasteiger partial charge in [0.15, 0.2) is 11.5 Å². The third-order valence-electron chi connectivity index (χ3n) is 5.98. The van der Waals surface area contributed by atoms with Crippen LogP contribution in [-0.2, 0) is 16.6 Å². The fourth-order valence-electron chi connectivity index (χ4n) is 4.20. The lowest BCUT2D eigenvalue weighted by Crippen LogP contribution is -2.33. The molecule has 1 atom stereocenters. The minimum atomic E-state index is -4.28. The molecule has 0 spiro atoms. The zero-order valence-corrected chi connectivity index (χ0v) is 18.3. The quantitative estimate of drug-likeness (QED) is 0.414. The second-order valence-corrected chi connectivity index (χ2v) is 8.31. The van der Waals surface area contributed by atoms with Crippen LogP contribution in [0.4, 0.5) is 29.2 Å². The Balaban J connectivity index is 1.56. The van der Waals surface area contributed by atoms with Crippen LogP contribution in [0, 0.1) is 5.82 Å². The first-order valence-corrected chi connectivity index (χ1v) is 10.6. The maximum Gasteiger partial charge on any atom is 0.389 e. The largest absolute Gasteiger partial charge is 0.389 e. The molecule has 3 aromatic heterocycles. The molecule has 0 unspecified atom stereocenters. The van der Waals surface area contributed by atoms with Crippen molar-refractivity contribution >= 4 is 23.2 Å². The molecule has 0 fully saturated rings. The average Bonchev–Trinajstić information content (AvgIpc) is 3.36. The molecule has 4 heterocycles. The molecule has 0 saturated heterocycles. The van der Waals surface area contributed by atoms with Crippen LogP contribution in [0.15, 0.2) is 36.8 Å². The molecule has 1 aliphatic heterocycles. The van der Waals surface area contributed by atoms with Gasteiger partial charge < -0.3 is 11.1 Å². The number of amides is 1. The van der Waals surface area contributed by atoms with Crippen molar-refractivity contribution in [1.29, 1.82) is 0 Å². The number of benzene rings is 1. The van der Waals surface area contributed by atoms with Crippen LogP contribution in [0.3, 0.4) is 0 Å². The number of nitrogens with one attached hydrogen (secondary N) is 1. The Bertz CT molecular complexity index is 1450. The first kappa shape index (κ1) is 22.6. The highest BCUT2D eigenvalue weighted by atomic mass is 19.4. The van der Waals surface area contributed by atoms with Crippen LogP contribution in [0.5, 0.6) is 0 Å². The topological polar surface area (TPSA) is 124 Å². The van der Waals surface area contributed by atoms with Gasteiger partial charge in [-0.2, -0.15) is 18.3 Å². The maximum absolute atomic E-state index is 13.4. The standard InChI is InChI=1S/C22H18F4N8O/c1-21(11-4-6-12(23)7-5-11)15-16(27)31-17(32-18(15)33-20(21)35)14-9-34-19(28-10-29-34)13(30-14)3-2-8-22(24,25)26/h4-7,9-10H,2-3,8H2,1H3,(H3,27,31,32,33,35)/t21-/m0/s1. The van der Waals surface area contributed by atoms with Gasteiger partial charge in [0.25, 0.3) is 0 Å². The summed E-state index contributed by atoms with van der Waals surface area (Å²) in [4.78, 5) is 30.2. The number of rotatable bonds is 5. The number of aryl methyl sites for hydroxylation is 1. The monoisotopic (exact) mass is 486 g/mol. The molecular formula is C22H18F4N8O. The Morgan fingerprint density at radius 3 is 2.60 bits per heavy atom. The molecule has 180 valence electrons. The number of halogens is 4. The molecule has 1 amide bonds. The Morgan fingerprint density at radius 2 is 1.89 bits per heavy atom. The minimum Gasteiger partial charge on any atom is -0.383 e. The number of aromatic nitrogens is 6. The van der Waals surface area contributed by atoms with E-state index in [0.717, 1.165) is 0 Å². The summed E-state index contributed by atoms with van der Waals surface area (Å²) in [6, 6.07) is 5.47. The summed E-state index contributed by atoms with van der Waals surface area (Å²) in [7, 11) is 0. The third kappa shape index (κ3) is 3.92. The van der Waals surface area contributed by atoms with Crippen molar-refractivity contribution in [2.45, 2.75) is 37.8 Å². The maximum atomic E-state index is 13.4. The van der Waals surface area contributed by atoms with Crippen molar-refractivity contribution in [1.82, 2.24) is 29.5 Å². The van der Waals surface area contributed by atoms with Gasteiger partial charge in [-0.05, 0) is 37.5 Å². The molecule has 0 aliphatic carbocycles. The molecule has 1 aliphatic rings. The number of hydrogen-bond donors (Lipinski definition) is 2. The first-order valence-electron chi connectivity index (χ1n) is 10.6. The average molecular weight is 486 g/mol. The summed E-state index contributed by atoms with van der Waals surface area (Å²) in [5, 5.41) is 6.75. The second-order valence-electron chi connectivity index (χ2n) is 8.31. The molecule has 0 saturated carbocycles. The predicted octanol–water partition coefficient (Wildman–Crippen LogP) is 3.45. The first-order chi connectivity index (χ1) is 16.6. The van der Waals surface area contributed by atoms with Gasteiger partial charge in [0, 0.05) is 6.42 Å². The molecule has 0 bridgehead atoms.